The molecule has 0 radical (unpaired) electrons. The predicted molar refractivity (Wildman–Crippen MR) is 132 cm³/mol. The zero-order valence-corrected chi connectivity index (χ0v) is 20.7. The van der Waals surface area contributed by atoms with Crippen molar-refractivity contribution < 1.29 is 17.7 Å². The number of amides is 1. The first-order chi connectivity index (χ1) is 17.5. The summed E-state index contributed by atoms with van der Waals surface area (Å²) in [5.74, 6) is 2.43. The standard InChI is InChI=1S/C25H28N6O4S/c32-25(19-5-8-21(9-6-19)36(33,34)31-11-1-2-12-31)30-15-13-29(14-16-30)22-10-7-20(17-26-22)23-27-24(35-28-23)18-3-4-18/h5-10,17-18H,1-4,11-16H2. The lowest BCUT2D eigenvalue weighted by molar-refractivity contribution is 0.0746. The Balaban J connectivity index is 1.06. The lowest BCUT2D eigenvalue weighted by Gasteiger charge is -2.35. The van der Waals surface area contributed by atoms with E-state index in [1.165, 1.54) is 4.31 Å². The van der Waals surface area contributed by atoms with Crippen molar-refractivity contribution in [3.05, 3.63) is 54.0 Å². The van der Waals surface area contributed by atoms with E-state index in [0.29, 0.717) is 62.5 Å². The third kappa shape index (κ3) is 4.48. The predicted octanol–water partition coefficient (Wildman–Crippen LogP) is 2.76. The molecule has 1 amide bonds. The van der Waals surface area contributed by atoms with Crippen molar-refractivity contribution in [3.63, 3.8) is 0 Å². The van der Waals surface area contributed by atoms with Gasteiger partial charge < -0.3 is 14.3 Å². The molecule has 2 aliphatic heterocycles. The van der Waals surface area contributed by atoms with Crippen LogP contribution in [-0.2, 0) is 10.0 Å². The number of anilines is 1. The Kier molecular flexibility index (Phi) is 5.96. The zero-order chi connectivity index (χ0) is 24.7. The lowest BCUT2D eigenvalue weighted by atomic mass is 10.2. The molecule has 1 aromatic carbocycles. The zero-order valence-electron chi connectivity index (χ0n) is 19.9. The molecule has 0 bridgehead atoms. The van der Waals surface area contributed by atoms with Gasteiger partial charge in [-0.2, -0.15) is 9.29 Å². The number of piperazine rings is 1. The van der Waals surface area contributed by atoms with Crippen molar-refractivity contribution in [1.82, 2.24) is 24.3 Å². The fraction of sp³-hybridized carbons (Fsp3) is 0.440. The monoisotopic (exact) mass is 508 g/mol. The normalized spacial score (nSPS) is 19.1. The number of carbonyl (C=O) groups excluding carboxylic acids is 1. The molecular formula is C25H28N6O4S. The van der Waals surface area contributed by atoms with E-state index >= 15 is 0 Å². The second-order valence-corrected chi connectivity index (χ2v) is 11.5. The molecule has 6 rings (SSSR count). The van der Waals surface area contributed by atoms with E-state index in [0.717, 1.165) is 37.1 Å². The topological polar surface area (TPSA) is 113 Å². The number of nitrogens with zero attached hydrogens (tertiary/aromatic N) is 6. The molecule has 3 aromatic rings. The number of aromatic nitrogens is 3. The average molecular weight is 509 g/mol. The Morgan fingerprint density at radius 2 is 1.64 bits per heavy atom. The second-order valence-electron chi connectivity index (χ2n) is 9.55. The summed E-state index contributed by atoms with van der Waals surface area (Å²) in [6, 6.07) is 10.2. The third-order valence-corrected chi connectivity index (χ3v) is 8.98. The lowest BCUT2D eigenvalue weighted by Crippen LogP contribution is -2.49. The summed E-state index contributed by atoms with van der Waals surface area (Å²) in [6.45, 7) is 3.56. The highest BCUT2D eigenvalue weighted by Crippen LogP contribution is 2.39. The van der Waals surface area contributed by atoms with Gasteiger partial charge in [-0.15, -0.1) is 0 Å². The van der Waals surface area contributed by atoms with Gasteiger partial charge in [0.2, 0.25) is 21.7 Å². The summed E-state index contributed by atoms with van der Waals surface area (Å²) < 4.78 is 32.3. The van der Waals surface area contributed by atoms with Crippen LogP contribution >= 0.6 is 0 Å². The number of rotatable bonds is 6. The SMILES string of the molecule is O=C(c1ccc(S(=O)(=O)N2CCCC2)cc1)N1CCN(c2ccc(-c3noc(C4CC4)n3)cn2)CC1. The maximum atomic E-state index is 13.0. The van der Waals surface area contributed by atoms with Gasteiger partial charge >= 0.3 is 0 Å². The van der Waals surface area contributed by atoms with Gasteiger partial charge in [0.25, 0.3) is 5.91 Å². The number of hydrogen-bond acceptors (Lipinski definition) is 8. The second kappa shape index (κ2) is 9.29. The quantitative estimate of drug-likeness (QED) is 0.500. The molecule has 0 unspecified atom stereocenters. The van der Waals surface area contributed by atoms with Gasteiger partial charge in [0.15, 0.2) is 0 Å². The van der Waals surface area contributed by atoms with Gasteiger partial charge in [0.1, 0.15) is 5.82 Å². The molecule has 2 aromatic heterocycles. The van der Waals surface area contributed by atoms with Crippen LogP contribution in [0.4, 0.5) is 5.82 Å². The van der Waals surface area contributed by atoms with Gasteiger partial charge in [-0.3, -0.25) is 4.79 Å². The molecule has 0 atom stereocenters. The van der Waals surface area contributed by atoms with Gasteiger partial charge in [-0.25, -0.2) is 13.4 Å². The fourth-order valence-corrected chi connectivity index (χ4v) is 6.24. The van der Waals surface area contributed by atoms with Gasteiger partial charge in [0, 0.05) is 62.5 Å². The largest absolute Gasteiger partial charge is 0.353 e. The molecule has 4 heterocycles. The average Bonchev–Trinajstić information content (AvgIpc) is 3.39. The molecule has 11 heteroatoms. The van der Waals surface area contributed by atoms with Crippen LogP contribution < -0.4 is 4.90 Å². The van der Waals surface area contributed by atoms with Crippen LogP contribution in [0.2, 0.25) is 0 Å². The molecular weight excluding hydrogens is 480 g/mol. The maximum Gasteiger partial charge on any atom is 0.253 e. The molecule has 0 N–H and O–H groups in total. The highest BCUT2D eigenvalue weighted by molar-refractivity contribution is 7.89. The summed E-state index contributed by atoms with van der Waals surface area (Å²) in [5, 5.41) is 4.07. The molecule has 3 fully saturated rings. The molecule has 1 saturated carbocycles. The summed E-state index contributed by atoms with van der Waals surface area (Å²) in [5.41, 5.74) is 1.32. The highest BCUT2D eigenvalue weighted by Gasteiger charge is 2.30. The van der Waals surface area contributed by atoms with E-state index in [-0.39, 0.29) is 10.8 Å². The maximum absolute atomic E-state index is 13.0. The number of benzene rings is 1. The van der Waals surface area contributed by atoms with E-state index in [4.69, 9.17) is 4.52 Å². The van der Waals surface area contributed by atoms with Crippen LogP contribution in [0.1, 0.15) is 47.8 Å². The molecule has 1 aliphatic carbocycles. The van der Waals surface area contributed by atoms with Crippen molar-refractivity contribution in [2.75, 3.05) is 44.2 Å². The van der Waals surface area contributed by atoms with Crippen molar-refractivity contribution in [1.29, 1.82) is 0 Å². The molecule has 188 valence electrons. The summed E-state index contributed by atoms with van der Waals surface area (Å²) in [7, 11) is -3.48. The smallest absolute Gasteiger partial charge is 0.253 e. The van der Waals surface area contributed by atoms with Gasteiger partial charge in [-0.05, 0) is 62.1 Å². The minimum absolute atomic E-state index is 0.0911. The first kappa shape index (κ1) is 23.1. The summed E-state index contributed by atoms with van der Waals surface area (Å²) in [4.78, 5) is 26.3. The Morgan fingerprint density at radius 3 is 2.28 bits per heavy atom. The third-order valence-electron chi connectivity index (χ3n) is 7.07. The molecule has 2 saturated heterocycles. The van der Waals surface area contributed by atoms with Crippen LogP contribution in [0.25, 0.3) is 11.4 Å². The van der Waals surface area contributed by atoms with Gasteiger partial charge in [-0.1, -0.05) is 5.16 Å². The minimum Gasteiger partial charge on any atom is -0.353 e. The molecule has 3 aliphatic rings. The van der Waals surface area contributed by atoms with Crippen LogP contribution in [0.15, 0.2) is 52.0 Å². The summed E-state index contributed by atoms with van der Waals surface area (Å²) in [6.07, 6.45) is 5.76. The Hall–Kier alpha value is -3.31. The van der Waals surface area contributed by atoms with Gasteiger partial charge in [0.05, 0.1) is 4.90 Å². The fourth-order valence-electron chi connectivity index (χ4n) is 4.72. The minimum atomic E-state index is -3.48. The number of hydrogen-bond donors (Lipinski definition) is 0. The van der Waals surface area contributed by atoms with Crippen molar-refractivity contribution in [3.8, 4) is 11.4 Å². The molecule has 10 nitrogen and oxygen atoms in total. The van der Waals surface area contributed by atoms with Crippen molar-refractivity contribution in [2.24, 2.45) is 0 Å². The molecule has 36 heavy (non-hydrogen) atoms. The van der Waals surface area contributed by atoms with E-state index in [9.17, 15) is 13.2 Å². The first-order valence-electron chi connectivity index (χ1n) is 12.4. The summed E-state index contributed by atoms with van der Waals surface area (Å²) >= 11 is 0. The van der Waals surface area contributed by atoms with Crippen LogP contribution in [0.5, 0.6) is 0 Å². The van der Waals surface area contributed by atoms with Crippen molar-refractivity contribution >= 4 is 21.7 Å². The number of pyridine rings is 1. The highest BCUT2D eigenvalue weighted by atomic mass is 32.2. The Morgan fingerprint density at radius 1 is 0.917 bits per heavy atom. The van der Waals surface area contributed by atoms with Crippen LogP contribution in [0, 0.1) is 0 Å². The van der Waals surface area contributed by atoms with E-state index in [1.54, 1.807) is 35.4 Å². The Labute approximate surface area is 210 Å². The van der Waals surface area contributed by atoms with Crippen LogP contribution in [0.3, 0.4) is 0 Å². The van der Waals surface area contributed by atoms with E-state index in [2.05, 4.69) is 20.0 Å². The van der Waals surface area contributed by atoms with E-state index in [1.807, 2.05) is 12.1 Å². The number of carbonyl (C=O) groups is 1. The van der Waals surface area contributed by atoms with Crippen molar-refractivity contribution in [2.45, 2.75) is 36.5 Å². The Bertz CT molecular complexity index is 1340. The molecule has 0 spiro atoms. The number of sulfonamides is 1. The van der Waals surface area contributed by atoms with Crippen LogP contribution in [-0.4, -0.2) is 77.9 Å². The van der Waals surface area contributed by atoms with E-state index < -0.39 is 10.0 Å². The first-order valence-corrected chi connectivity index (χ1v) is 13.9.